The predicted octanol–water partition coefficient (Wildman–Crippen LogP) is 3.19. The Morgan fingerprint density at radius 3 is 2.70 bits per heavy atom. The van der Waals surface area contributed by atoms with Gasteiger partial charge in [0.15, 0.2) is 5.78 Å². The SMILES string of the molecule is Cc1c(C(=O)O[C@@H]2CCC[C@@H]2C)[nH]c2c1C(=O)CCC2. The standard InChI is InChI=1S/C16H21NO3/c1-9-5-3-8-13(9)20-16(19)15-10(2)14-11(17-15)6-4-7-12(14)18/h9,13,17H,3-8H2,1-2H3/t9-,13+/m0/s1. The highest BCUT2D eigenvalue weighted by molar-refractivity contribution is 6.03. The number of aromatic amines is 1. The molecule has 0 unspecified atom stereocenters. The van der Waals surface area contributed by atoms with Crippen LogP contribution in [0, 0.1) is 12.8 Å². The van der Waals surface area contributed by atoms with Crippen molar-refractivity contribution in [2.75, 3.05) is 0 Å². The Bertz CT molecular complexity index is 558. The van der Waals surface area contributed by atoms with Crippen molar-refractivity contribution in [2.45, 2.75) is 58.5 Å². The number of nitrogens with one attached hydrogen (secondary N) is 1. The molecule has 1 heterocycles. The number of carbonyl (C=O) groups excluding carboxylic acids is 2. The molecule has 3 rings (SSSR count). The van der Waals surface area contributed by atoms with Crippen molar-refractivity contribution in [3.05, 3.63) is 22.5 Å². The fourth-order valence-corrected chi connectivity index (χ4v) is 3.46. The van der Waals surface area contributed by atoms with Crippen LogP contribution in [0.25, 0.3) is 0 Å². The fourth-order valence-electron chi connectivity index (χ4n) is 3.46. The Morgan fingerprint density at radius 1 is 1.25 bits per heavy atom. The molecular weight excluding hydrogens is 254 g/mol. The van der Waals surface area contributed by atoms with Crippen LogP contribution in [-0.2, 0) is 11.2 Å². The average molecular weight is 275 g/mol. The van der Waals surface area contributed by atoms with E-state index < -0.39 is 0 Å². The number of carbonyl (C=O) groups is 2. The van der Waals surface area contributed by atoms with Gasteiger partial charge in [-0.15, -0.1) is 0 Å². The summed E-state index contributed by atoms with van der Waals surface area (Å²) in [7, 11) is 0. The van der Waals surface area contributed by atoms with E-state index in [0.717, 1.165) is 48.9 Å². The van der Waals surface area contributed by atoms with Gasteiger partial charge in [-0.25, -0.2) is 4.79 Å². The molecule has 4 nitrogen and oxygen atoms in total. The minimum Gasteiger partial charge on any atom is -0.457 e. The maximum atomic E-state index is 12.3. The van der Waals surface area contributed by atoms with Gasteiger partial charge in [0, 0.05) is 17.7 Å². The van der Waals surface area contributed by atoms with Crippen molar-refractivity contribution in [3.8, 4) is 0 Å². The van der Waals surface area contributed by atoms with Gasteiger partial charge in [0.2, 0.25) is 0 Å². The Balaban J connectivity index is 1.83. The summed E-state index contributed by atoms with van der Waals surface area (Å²) in [5, 5.41) is 0. The lowest BCUT2D eigenvalue weighted by atomic mass is 9.94. The molecule has 1 aromatic rings. The van der Waals surface area contributed by atoms with Crippen LogP contribution in [0.15, 0.2) is 0 Å². The van der Waals surface area contributed by atoms with E-state index in [4.69, 9.17) is 4.74 Å². The van der Waals surface area contributed by atoms with Crippen molar-refractivity contribution in [1.29, 1.82) is 0 Å². The Morgan fingerprint density at radius 2 is 2.05 bits per heavy atom. The van der Waals surface area contributed by atoms with E-state index >= 15 is 0 Å². The van der Waals surface area contributed by atoms with E-state index in [1.165, 1.54) is 0 Å². The van der Waals surface area contributed by atoms with Crippen LogP contribution in [0.1, 0.15) is 71.1 Å². The summed E-state index contributed by atoms with van der Waals surface area (Å²) in [6.07, 6.45) is 5.51. The van der Waals surface area contributed by atoms with Gasteiger partial charge in [-0.1, -0.05) is 6.92 Å². The number of aromatic nitrogens is 1. The van der Waals surface area contributed by atoms with Crippen LogP contribution < -0.4 is 0 Å². The van der Waals surface area contributed by atoms with Gasteiger partial charge in [-0.05, 0) is 50.5 Å². The fraction of sp³-hybridized carbons (Fsp3) is 0.625. The molecule has 0 amide bonds. The summed E-state index contributed by atoms with van der Waals surface area (Å²) in [6, 6.07) is 0. The first-order chi connectivity index (χ1) is 9.58. The lowest BCUT2D eigenvalue weighted by molar-refractivity contribution is 0.0219. The quantitative estimate of drug-likeness (QED) is 0.843. The molecule has 20 heavy (non-hydrogen) atoms. The third-order valence-corrected chi connectivity index (χ3v) is 4.68. The van der Waals surface area contributed by atoms with E-state index in [1.807, 2.05) is 6.92 Å². The number of H-pyrrole nitrogens is 1. The van der Waals surface area contributed by atoms with Gasteiger partial charge in [-0.2, -0.15) is 0 Å². The van der Waals surface area contributed by atoms with Gasteiger partial charge in [0.1, 0.15) is 11.8 Å². The van der Waals surface area contributed by atoms with Gasteiger partial charge in [0.25, 0.3) is 0 Å². The molecule has 0 aromatic carbocycles. The molecule has 0 aliphatic heterocycles. The molecule has 2 aliphatic rings. The van der Waals surface area contributed by atoms with Crippen molar-refractivity contribution in [1.82, 2.24) is 4.98 Å². The molecular formula is C16H21NO3. The molecule has 0 bridgehead atoms. The third kappa shape index (κ3) is 2.17. The molecule has 108 valence electrons. The molecule has 2 aliphatic carbocycles. The lowest BCUT2D eigenvalue weighted by Crippen LogP contribution is -2.21. The molecule has 4 heteroatoms. The molecule has 1 aromatic heterocycles. The molecule has 0 radical (unpaired) electrons. The Labute approximate surface area is 118 Å². The van der Waals surface area contributed by atoms with Crippen LogP contribution >= 0.6 is 0 Å². The molecule has 1 saturated carbocycles. The first-order valence-electron chi connectivity index (χ1n) is 7.53. The number of Topliss-reactive ketones (excluding diaryl/α,β-unsaturated/α-hetero) is 1. The second-order valence-electron chi connectivity index (χ2n) is 6.11. The maximum absolute atomic E-state index is 12.3. The third-order valence-electron chi connectivity index (χ3n) is 4.68. The normalized spacial score (nSPS) is 25.6. The number of ketones is 1. The topological polar surface area (TPSA) is 59.2 Å². The number of hydrogen-bond donors (Lipinski definition) is 1. The number of esters is 1. The van der Waals surface area contributed by atoms with E-state index in [1.54, 1.807) is 0 Å². The zero-order valence-electron chi connectivity index (χ0n) is 12.1. The first-order valence-corrected chi connectivity index (χ1v) is 7.53. The maximum Gasteiger partial charge on any atom is 0.355 e. The van der Waals surface area contributed by atoms with Crippen LogP contribution in [0.5, 0.6) is 0 Å². The Hall–Kier alpha value is -1.58. The van der Waals surface area contributed by atoms with Gasteiger partial charge in [-0.3, -0.25) is 4.79 Å². The van der Waals surface area contributed by atoms with Crippen LogP contribution in [0.2, 0.25) is 0 Å². The second-order valence-corrected chi connectivity index (χ2v) is 6.11. The minimum atomic E-state index is -0.302. The van der Waals surface area contributed by atoms with E-state index in [0.29, 0.717) is 18.0 Å². The van der Waals surface area contributed by atoms with Gasteiger partial charge in [0.05, 0.1) is 0 Å². The summed E-state index contributed by atoms with van der Waals surface area (Å²) < 4.78 is 5.62. The van der Waals surface area contributed by atoms with E-state index in [9.17, 15) is 9.59 Å². The summed E-state index contributed by atoms with van der Waals surface area (Å²) in [5.41, 5.74) is 2.87. The van der Waals surface area contributed by atoms with Crippen molar-refractivity contribution in [2.24, 2.45) is 5.92 Å². The van der Waals surface area contributed by atoms with Gasteiger partial charge < -0.3 is 9.72 Å². The summed E-state index contributed by atoms with van der Waals surface area (Å²) in [5.74, 6) is 0.280. The second kappa shape index (κ2) is 5.08. The minimum absolute atomic E-state index is 0.0259. The predicted molar refractivity (Wildman–Crippen MR) is 75.0 cm³/mol. The Kier molecular flexibility index (Phi) is 3.40. The average Bonchev–Trinajstić information content (AvgIpc) is 2.95. The molecule has 0 spiro atoms. The number of fused-ring (bicyclic) bond motifs is 1. The van der Waals surface area contributed by atoms with Gasteiger partial charge >= 0.3 is 5.97 Å². The van der Waals surface area contributed by atoms with E-state index in [-0.39, 0.29) is 17.9 Å². The van der Waals surface area contributed by atoms with Crippen molar-refractivity contribution >= 4 is 11.8 Å². The summed E-state index contributed by atoms with van der Waals surface area (Å²) in [4.78, 5) is 27.4. The van der Waals surface area contributed by atoms with Crippen LogP contribution in [0.4, 0.5) is 0 Å². The molecule has 2 atom stereocenters. The number of aryl methyl sites for hydroxylation is 1. The lowest BCUT2D eigenvalue weighted by Gasteiger charge is -2.16. The van der Waals surface area contributed by atoms with Crippen molar-refractivity contribution < 1.29 is 14.3 Å². The highest BCUT2D eigenvalue weighted by Crippen LogP contribution is 2.30. The summed E-state index contributed by atoms with van der Waals surface area (Å²) in [6.45, 7) is 3.97. The zero-order chi connectivity index (χ0) is 14.3. The number of ether oxygens (including phenoxy) is 1. The molecule has 0 saturated heterocycles. The van der Waals surface area contributed by atoms with Crippen LogP contribution in [-0.4, -0.2) is 22.8 Å². The molecule has 1 fully saturated rings. The smallest absolute Gasteiger partial charge is 0.355 e. The number of rotatable bonds is 2. The molecule has 1 N–H and O–H groups in total. The monoisotopic (exact) mass is 275 g/mol. The van der Waals surface area contributed by atoms with E-state index in [2.05, 4.69) is 11.9 Å². The number of hydrogen-bond acceptors (Lipinski definition) is 3. The highest BCUT2D eigenvalue weighted by atomic mass is 16.5. The van der Waals surface area contributed by atoms with Crippen molar-refractivity contribution in [3.63, 3.8) is 0 Å². The largest absolute Gasteiger partial charge is 0.457 e. The zero-order valence-corrected chi connectivity index (χ0v) is 12.1. The first kappa shape index (κ1) is 13.4. The highest BCUT2D eigenvalue weighted by Gasteiger charge is 2.31. The van der Waals surface area contributed by atoms with Crippen LogP contribution in [0.3, 0.4) is 0 Å². The summed E-state index contributed by atoms with van der Waals surface area (Å²) >= 11 is 0.